The number of hydrogen-bond donors (Lipinski definition) is 1. The molecule has 7 heteroatoms. The highest BCUT2D eigenvalue weighted by Crippen LogP contribution is 2.25. The third-order valence-electron chi connectivity index (χ3n) is 2.57. The summed E-state index contributed by atoms with van der Waals surface area (Å²) in [5.74, 6) is -0.128. The Bertz CT molecular complexity index is 649. The number of pyridine rings is 1. The van der Waals surface area contributed by atoms with Gasteiger partial charge in [-0.15, -0.1) is 0 Å². The van der Waals surface area contributed by atoms with Gasteiger partial charge in [0.25, 0.3) is 5.91 Å². The molecule has 2 rings (SSSR count). The monoisotopic (exact) mass is 357 g/mol. The first-order valence-electron chi connectivity index (χ1n) is 5.87. The van der Waals surface area contributed by atoms with E-state index < -0.39 is 5.91 Å². The number of hydrogen-bond acceptors (Lipinski definition) is 4. The van der Waals surface area contributed by atoms with Gasteiger partial charge in [-0.05, 0) is 22.0 Å². The standard InChI is InChI=1S/C13H13BrClN3O2/c1-13(2,3)9-5-10(20-18-9)17-12(19)8-4-7(14)6-16-11(8)15/h4-6H,1-3H3,(H,17,19). The van der Waals surface area contributed by atoms with Crippen LogP contribution in [0, 0.1) is 0 Å². The van der Waals surface area contributed by atoms with Gasteiger partial charge in [-0.1, -0.05) is 37.5 Å². The Hall–Kier alpha value is -1.40. The number of anilines is 1. The van der Waals surface area contributed by atoms with E-state index in [-0.39, 0.29) is 22.0 Å². The molecule has 0 saturated carbocycles. The van der Waals surface area contributed by atoms with Crippen molar-refractivity contribution in [3.63, 3.8) is 0 Å². The number of halogens is 2. The molecule has 0 spiro atoms. The van der Waals surface area contributed by atoms with Crippen molar-refractivity contribution in [3.8, 4) is 0 Å². The highest BCUT2D eigenvalue weighted by Gasteiger charge is 2.20. The van der Waals surface area contributed by atoms with Crippen LogP contribution >= 0.6 is 27.5 Å². The van der Waals surface area contributed by atoms with Crippen LogP contribution in [0.1, 0.15) is 36.8 Å². The van der Waals surface area contributed by atoms with E-state index in [2.05, 4.69) is 31.4 Å². The Balaban J connectivity index is 2.20. The molecule has 1 amide bonds. The minimum absolute atomic E-state index is 0.126. The molecule has 20 heavy (non-hydrogen) atoms. The molecule has 2 heterocycles. The Morgan fingerprint density at radius 2 is 2.10 bits per heavy atom. The van der Waals surface area contributed by atoms with Gasteiger partial charge in [0.1, 0.15) is 5.15 Å². The van der Waals surface area contributed by atoms with Crippen LogP contribution in [0.4, 0.5) is 5.88 Å². The molecule has 0 atom stereocenters. The van der Waals surface area contributed by atoms with E-state index in [1.54, 1.807) is 12.1 Å². The molecule has 0 aliphatic carbocycles. The van der Waals surface area contributed by atoms with Gasteiger partial charge < -0.3 is 4.52 Å². The zero-order valence-electron chi connectivity index (χ0n) is 11.2. The first kappa shape index (κ1) is 15.0. The molecular weight excluding hydrogens is 346 g/mol. The van der Waals surface area contributed by atoms with Gasteiger partial charge in [0.2, 0.25) is 5.88 Å². The third-order valence-corrected chi connectivity index (χ3v) is 3.30. The zero-order chi connectivity index (χ0) is 14.9. The SMILES string of the molecule is CC(C)(C)c1cc(NC(=O)c2cc(Br)cnc2Cl)on1. The number of carbonyl (C=O) groups is 1. The molecule has 0 aliphatic heterocycles. The Labute approximate surface area is 129 Å². The number of nitrogens with zero attached hydrogens (tertiary/aromatic N) is 2. The van der Waals surface area contributed by atoms with Crippen molar-refractivity contribution in [2.45, 2.75) is 26.2 Å². The number of rotatable bonds is 2. The number of carbonyl (C=O) groups excluding carboxylic acids is 1. The van der Waals surface area contributed by atoms with Gasteiger partial charge >= 0.3 is 0 Å². The van der Waals surface area contributed by atoms with Crippen LogP contribution in [0.5, 0.6) is 0 Å². The van der Waals surface area contributed by atoms with E-state index in [0.717, 1.165) is 5.69 Å². The predicted octanol–water partition coefficient (Wildman–Crippen LogP) is 4.04. The fourth-order valence-electron chi connectivity index (χ4n) is 1.45. The highest BCUT2D eigenvalue weighted by atomic mass is 79.9. The molecule has 0 aliphatic rings. The molecule has 1 N–H and O–H groups in total. The molecule has 0 unspecified atom stereocenters. The Kier molecular flexibility index (Phi) is 4.15. The summed E-state index contributed by atoms with van der Waals surface area (Å²) in [5.41, 5.74) is 0.863. The minimum Gasteiger partial charge on any atom is -0.338 e. The lowest BCUT2D eigenvalue weighted by molar-refractivity contribution is 0.102. The normalized spacial score (nSPS) is 11.4. The Morgan fingerprint density at radius 1 is 1.40 bits per heavy atom. The zero-order valence-corrected chi connectivity index (χ0v) is 13.5. The summed E-state index contributed by atoms with van der Waals surface area (Å²) >= 11 is 9.14. The fraction of sp³-hybridized carbons (Fsp3) is 0.308. The van der Waals surface area contributed by atoms with Crippen molar-refractivity contribution in [3.05, 3.63) is 39.2 Å². The topological polar surface area (TPSA) is 68.0 Å². The first-order chi connectivity index (χ1) is 9.27. The van der Waals surface area contributed by atoms with Crippen molar-refractivity contribution in [2.24, 2.45) is 0 Å². The molecule has 0 bridgehead atoms. The maximum absolute atomic E-state index is 12.1. The second-order valence-corrected chi connectivity index (χ2v) is 6.55. The summed E-state index contributed by atoms with van der Waals surface area (Å²) in [6, 6.07) is 3.28. The number of nitrogens with one attached hydrogen (secondary N) is 1. The molecule has 0 fully saturated rings. The van der Waals surface area contributed by atoms with Crippen LogP contribution in [0.15, 0.2) is 27.3 Å². The lowest BCUT2D eigenvalue weighted by Crippen LogP contribution is -2.13. The average molecular weight is 359 g/mol. The van der Waals surface area contributed by atoms with E-state index in [9.17, 15) is 4.79 Å². The van der Waals surface area contributed by atoms with Crippen molar-refractivity contribution < 1.29 is 9.32 Å². The van der Waals surface area contributed by atoms with E-state index in [1.807, 2.05) is 20.8 Å². The maximum Gasteiger partial charge on any atom is 0.261 e. The van der Waals surface area contributed by atoms with E-state index >= 15 is 0 Å². The Morgan fingerprint density at radius 3 is 2.70 bits per heavy atom. The van der Waals surface area contributed by atoms with Crippen LogP contribution in [0.3, 0.4) is 0 Å². The molecule has 2 aromatic rings. The van der Waals surface area contributed by atoms with Gasteiger partial charge in [-0.3, -0.25) is 10.1 Å². The largest absolute Gasteiger partial charge is 0.338 e. The quantitative estimate of drug-likeness (QED) is 0.823. The van der Waals surface area contributed by atoms with Crippen LogP contribution < -0.4 is 5.32 Å². The maximum atomic E-state index is 12.1. The van der Waals surface area contributed by atoms with Gasteiger partial charge in [0.05, 0.1) is 11.3 Å². The summed E-state index contributed by atoms with van der Waals surface area (Å²) in [7, 11) is 0. The van der Waals surface area contributed by atoms with Gasteiger partial charge in [-0.25, -0.2) is 4.98 Å². The lowest BCUT2D eigenvalue weighted by atomic mass is 9.92. The highest BCUT2D eigenvalue weighted by molar-refractivity contribution is 9.10. The first-order valence-corrected chi connectivity index (χ1v) is 7.04. The third kappa shape index (κ3) is 3.37. The van der Waals surface area contributed by atoms with E-state index in [4.69, 9.17) is 16.1 Å². The van der Waals surface area contributed by atoms with Crippen LogP contribution in [-0.2, 0) is 5.41 Å². The van der Waals surface area contributed by atoms with Crippen LogP contribution in [-0.4, -0.2) is 16.0 Å². The number of aromatic nitrogens is 2. The summed E-state index contributed by atoms with van der Waals surface area (Å²) in [6.45, 7) is 6.02. The minimum atomic E-state index is -0.402. The second kappa shape index (κ2) is 5.54. The molecule has 0 saturated heterocycles. The van der Waals surface area contributed by atoms with Gasteiger partial charge in [0.15, 0.2) is 0 Å². The van der Waals surface area contributed by atoms with Crippen molar-refractivity contribution in [1.82, 2.24) is 10.1 Å². The molecule has 106 valence electrons. The molecule has 0 radical (unpaired) electrons. The van der Waals surface area contributed by atoms with Crippen LogP contribution in [0.25, 0.3) is 0 Å². The van der Waals surface area contributed by atoms with E-state index in [1.165, 1.54) is 6.20 Å². The summed E-state index contributed by atoms with van der Waals surface area (Å²) in [4.78, 5) is 16.0. The van der Waals surface area contributed by atoms with Crippen molar-refractivity contribution >= 4 is 39.3 Å². The second-order valence-electron chi connectivity index (χ2n) is 5.27. The molecule has 5 nitrogen and oxygen atoms in total. The molecular formula is C13H13BrClN3O2. The summed E-state index contributed by atoms with van der Waals surface area (Å²) in [6.07, 6.45) is 1.52. The molecule has 2 aromatic heterocycles. The summed E-state index contributed by atoms with van der Waals surface area (Å²) in [5, 5.41) is 6.66. The van der Waals surface area contributed by atoms with Crippen LogP contribution in [0.2, 0.25) is 5.15 Å². The smallest absolute Gasteiger partial charge is 0.261 e. The van der Waals surface area contributed by atoms with Crippen molar-refractivity contribution in [1.29, 1.82) is 0 Å². The average Bonchev–Trinajstić information content (AvgIpc) is 2.80. The lowest BCUT2D eigenvalue weighted by Gasteiger charge is -2.12. The predicted molar refractivity (Wildman–Crippen MR) is 80.1 cm³/mol. The van der Waals surface area contributed by atoms with Gasteiger partial charge in [-0.2, -0.15) is 0 Å². The van der Waals surface area contributed by atoms with Gasteiger partial charge in [0, 0.05) is 22.2 Å². The molecule has 0 aromatic carbocycles. The number of amides is 1. The van der Waals surface area contributed by atoms with E-state index in [0.29, 0.717) is 4.47 Å². The van der Waals surface area contributed by atoms with Crippen molar-refractivity contribution in [2.75, 3.05) is 5.32 Å². The summed E-state index contributed by atoms with van der Waals surface area (Å²) < 4.78 is 5.76. The fourth-order valence-corrected chi connectivity index (χ4v) is 1.97.